The van der Waals surface area contributed by atoms with Gasteiger partial charge < -0.3 is 10.5 Å². The molecule has 5 nitrogen and oxygen atoms in total. The number of hydrogen-bond acceptors (Lipinski definition) is 4. The first kappa shape index (κ1) is 20.6. The van der Waals surface area contributed by atoms with E-state index in [-0.39, 0.29) is 6.61 Å². The fourth-order valence-electron chi connectivity index (χ4n) is 1.75. The fourth-order valence-corrected chi connectivity index (χ4v) is 2.59. The lowest BCUT2D eigenvalue weighted by Crippen LogP contribution is -2.67. The summed E-state index contributed by atoms with van der Waals surface area (Å²) >= 11 is 0. The fraction of sp³-hybridized carbons (Fsp3) is 0.533. The smallest absolute Gasteiger partial charge is 0.380 e. The molecule has 0 spiro atoms. The minimum Gasteiger partial charge on any atom is -0.461 e. The van der Waals surface area contributed by atoms with Crippen molar-refractivity contribution in [1.82, 2.24) is 4.72 Å². The third-order valence-corrected chi connectivity index (χ3v) is 4.76. The molecule has 0 fully saturated rings. The Morgan fingerprint density at radius 3 is 2.29 bits per heavy atom. The first-order valence-electron chi connectivity index (χ1n) is 7.16. The summed E-state index contributed by atoms with van der Waals surface area (Å²) in [5.74, 6) is -7.37. The third kappa shape index (κ3) is 3.96. The zero-order chi connectivity index (χ0) is 18.8. The Morgan fingerprint density at radius 2 is 1.83 bits per heavy atom. The van der Waals surface area contributed by atoms with Crippen LogP contribution in [0.15, 0.2) is 24.3 Å². The van der Waals surface area contributed by atoms with Crippen LogP contribution in [0.25, 0.3) is 0 Å². The van der Waals surface area contributed by atoms with Gasteiger partial charge >= 0.3 is 11.9 Å². The Bertz CT molecular complexity index is 635. The molecule has 0 amide bonds. The highest BCUT2D eigenvalue weighted by atomic mass is 32.2. The van der Waals surface area contributed by atoms with Crippen molar-refractivity contribution < 1.29 is 26.9 Å². The molecule has 9 heteroatoms. The molecule has 3 N–H and O–H groups in total. The van der Waals surface area contributed by atoms with E-state index < -0.39 is 44.7 Å². The summed E-state index contributed by atoms with van der Waals surface area (Å²) in [6, 6.07) is 4.47. The van der Waals surface area contributed by atoms with E-state index >= 15 is 0 Å². The van der Waals surface area contributed by atoms with Crippen LogP contribution in [-0.2, 0) is 26.2 Å². The molecule has 0 heterocycles. The number of hydrogen-bond donors (Lipinski definition) is 2. The van der Waals surface area contributed by atoms with Crippen molar-refractivity contribution in [2.75, 3.05) is 6.61 Å². The van der Waals surface area contributed by atoms with Gasteiger partial charge in [0.2, 0.25) is 0 Å². The lowest BCUT2D eigenvalue weighted by atomic mass is 9.93. The Balaban J connectivity index is 3.50. The van der Waals surface area contributed by atoms with Crippen molar-refractivity contribution in [2.24, 2.45) is 5.73 Å². The molecular weight excluding hydrogens is 345 g/mol. The second kappa shape index (κ2) is 7.20. The monoisotopic (exact) mass is 366 g/mol. The minimum atomic E-state index is -4.37. The van der Waals surface area contributed by atoms with E-state index in [4.69, 9.17) is 5.73 Å². The standard InChI is InChI=1S/C15H21F3N2O3S/c1-5-23-12(21)14(17,18)15(19,20-24(22)13(2,3)4)10-8-6-7-9-11(10)16/h6-9,20H,5,19H2,1-4H3/t15-,24-/m1/s1. The number of halogens is 3. The van der Waals surface area contributed by atoms with Crippen molar-refractivity contribution >= 4 is 17.0 Å². The Labute approximate surface area is 141 Å². The molecule has 0 aliphatic heterocycles. The molecule has 24 heavy (non-hydrogen) atoms. The van der Waals surface area contributed by atoms with Crippen molar-refractivity contribution in [3.8, 4) is 0 Å². The third-order valence-electron chi connectivity index (χ3n) is 3.14. The quantitative estimate of drug-likeness (QED) is 0.597. The molecule has 0 aliphatic rings. The molecule has 2 atom stereocenters. The number of esters is 1. The van der Waals surface area contributed by atoms with Crippen LogP contribution in [0.2, 0.25) is 0 Å². The van der Waals surface area contributed by atoms with Crippen molar-refractivity contribution in [1.29, 1.82) is 0 Å². The summed E-state index contributed by atoms with van der Waals surface area (Å²) < 4.78 is 61.2. The molecule has 1 aromatic carbocycles. The van der Waals surface area contributed by atoms with Gasteiger partial charge in [0, 0.05) is 5.56 Å². The lowest BCUT2D eigenvalue weighted by Gasteiger charge is -2.37. The number of ether oxygens (including phenoxy) is 1. The predicted octanol–water partition coefficient (Wildman–Crippen LogP) is 2.19. The van der Waals surface area contributed by atoms with Gasteiger partial charge in [-0.05, 0) is 33.8 Å². The molecule has 0 saturated heterocycles. The number of nitrogens with one attached hydrogen (secondary N) is 1. The largest absolute Gasteiger partial charge is 0.461 e. The number of carbonyl (C=O) groups excluding carboxylic acids is 1. The molecule has 0 saturated carbocycles. The molecule has 1 aromatic rings. The topological polar surface area (TPSA) is 81.4 Å². The molecule has 0 aliphatic carbocycles. The summed E-state index contributed by atoms with van der Waals surface area (Å²) in [4.78, 5) is 11.7. The second-order valence-electron chi connectivity index (χ2n) is 6.07. The number of rotatable bonds is 6. The normalized spacial score (nSPS) is 16.3. The molecule has 0 unspecified atom stereocenters. The number of benzene rings is 1. The molecule has 0 aromatic heterocycles. The first-order chi connectivity index (χ1) is 10.9. The van der Waals surface area contributed by atoms with Crippen molar-refractivity contribution in [2.45, 2.75) is 44.0 Å². The maximum Gasteiger partial charge on any atom is 0.380 e. The molecule has 0 bridgehead atoms. The van der Waals surface area contributed by atoms with E-state index in [2.05, 4.69) is 4.74 Å². The van der Waals surface area contributed by atoms with Crippen LogP contribution < -0.4 is 10.5 Å². The van der Waals surface area contributed by atoms with Crippen LogP contribution in [0.3, 0.4) is 0 Å². The predicted molar refractivity (Wildman–Crippen MR) is 84.9 cm³/mol. The van der Waals surface area contributed by atoms with Crippen LogP contribution in [0, 0.1) is 5.82 Å². The lowest BCUT2D eigenvalue weighted by molar-refractivity contribution is -0.184. The zero-order valence-electron chi connectivity index (χ0n) is 13.9. The Kier molecular flexibility index (Phi) is 6.18. The minimum absolute atomic E-state index is 0.315. The SMILES string of the molecule is CCOC(=O)C(F)(F)[C@](N)(N[S@](=O)C(C)(C)C)c1ccccc1F. The van der Waals surface area contributed by atoms with Crippen molar-refractivity contribution in [3.05, 3.63) is 35.6 Å². The van der Waals surface area contributed by atoms with Gasteiger partial charge in [-0.15, -0.1) is 0 Å². The molecular formula is C15H21F3N2O3S. The maximum atomic E-state index is 14.7. The number of carbonyl (C=O) groups is 1. The average Bonchev–Trinajstić information content (AvgIpc) is 2.46. The summed E-state index contributed by atoms with van der Waals surface area (Å²) in [5, 5.41) is 0. The van der Waals surface area contributed by atoms with Crippen LogP contribution in [0.4, 0.5) is 13.2 Å². The summed E-state index contributed by atoms with van der Waals surface area (Å²) in [6.45, 7) is 5.57. The van der Waals surface area contributed by atoms with Crippen LogP contribution >= 0.6 is 0 Å². The van der Waals surface area contributed by atoms with Crippen LogP contribution in [-0.4, -0.2) is 27.5 Å². The van der Waals surface area contributed by atoms with E-state index in [0.717, 1.165) is 12.1 Å². The summed E-state index contributed by atoms with van der Waals surface area (Å²) in [6.07, 6.45) is 0. The van der Waals surface area contributed by atoms with Crippen LogP contribution in [0.1, 0.15) is 33.3 Å². The average molecular weight is 366 g/mol. The van der Waals surface area contributed by atoms with Gasteiger partial charge in [-0.2, -0.15) is 8.78 Å². The summed E-state index contributed by atoms with van der Waals surface area (Å²) in [5.41, 5.74) is 1.99. The maximum absolute atomic E-state index is 14.7. The van der Waals surface area contributed by atoms with Gasteiger partial charge in [0.1, 0.15) is 5.82 Å². The van der Waals surface area contributed by atoms with Crippen LogP contribution in [0.5, 0.6) is 0 Å². The molecule has 1 rings (SSSR count). The van der Waals surface area contributed by atoms with E-state index in [1.165, 1.54) is 39.8 Å². The number of nitrogens with two attached hydrogens (primary N) is 1. The van der Waals surface area contributed by atoms with Gasteiger partial charge in [0.05, 0.1) is 22.3 Å². The van der Waals surface area contributed by atoms with Gasteiger partial charge in [0.15, 0.2) is 5.66 Å². The van der Waals surface area contributed by atoms with E-state index in [1.807, 2.05) is 4.72 Å². The first-order valence-corrected chi connectivity index (χ1v) is 8.31. The highest BCUT2D eigenvalue weighted by Crippen LogP contribution is 2.37. The number of alkyl halides is 2. The van der Waals surface area contributed by atoms with E-state index in [0.29, 0.717) is 0 Å². The molecule has 0 radical (unpaired) electrons. The van der Waals surface area contributed by atoms with E-state index in [9.17, 15) is 22.2 Å². The highest BCUT2D eigenvalue weighted by Gasteiger charge is 2.61. The molecule has 136 valence electrons. The Morgan fingerprint density at radius 1 is 1.29 bits per heavy atom. The summed E-state index contributed by atoms with van der Waals surface area (Å²) in [7, 11) is -2.11. The van der Waals surface area contributed by atoms with Crippen molar-refractivity contribution in [3.63, 3.8) is 0 Å². The highest BCUT2D eigenvalue weighted by molar-refractivity contribution is 7.84. The van der Waals surface area contributed by atoms with Gasteiger partial charge in [-0.1, -0.05) is 18.2 Å². The second-order valence-corrected chi connectivity index (χ2v) is 8.03. The van der Waals surface area contributed by atoms with Gasteiger partial charge in [-0.3, -0.25) is 0 Å². The van der Waals surface area contributed by atoms with Gasteiger partial charge in [0.25, 0.3) is 0 Å². The Hall–Kier alpha value is -1.45. The zero-order valence-corrected chi connectivity index (χ0v) is 14.7. The van der Waals surface area contributed by atoms with E-state index in [1.54, 1.807) is 0 Å². The van der Waals surface area contributed by atoms with Gasteiger partial charge in [-0.25, -0.2) is 18.1 Å².